The third-order valence-corrected chi connectivity index (χ3v) is 6.17. The molecule has 2 N–H and O–H groups in total. The van der Waals surface area contributed by atoms with Gasteiger partial charge in [-0.05, 0) is 43.7 Å². The van der Waals surface area contributed by atoms with Crippen LogP contribution in [0.4, 0.5) is 0 Å². The number of hydrogen-bond acceptors (Lipinski definition) is 5. The fourth-order valence-corrected chi connectivity index (χ4v) is 4.23. The van der Waals surface area contributed by atoms with Crippen LogP contribution in [0.5, 0.6) is 0 Å². The monoisotopic (exact) mass is 370 g/mol. The number of hydrogen-bond donors (Lipinski definition) is 1. The summed E-state index contributed by atoms with van der Waals surface area (Å²) >= 11 is 0. The molecule has 0 radical (unpaired) electrons. The molecule has 1 saturated carbocycles. The summed E-state index contributed by atoms with van der Waals surface area (Å²) in [5, 5.41) is 8.86. The normalized spacial score (nSPS) is 22.1. The number of ether oxygens (including phenoxy) is 1. The minimum Gasteiger partial charge on any atom is -0.367 e. The molecule has 2 aliphatic heterocycles. The maximum absolute atomic E-state index is 11.4. The first-order valence-corrected chi connectivity index (χ1v) is 9.84. The molecule has 4 heterocycles. The number of likely N-dealkylation sites (tertiary alicyclic amines) is 1. The van der Waals surface area contributed by atoms with Gasteiger partial charge in [-0.3, -0.25) is 19.1 Å². The third-order valence-electron chi connectivity index (χ3n) is 6.17. The second-order valence-corrected chi connectivity index (χ2v) is 8.24. The van der Waals surface area contributed by atoms with Crippen LogP contribution in [0.1, 0.15) is 47.6 Å². The van der Waals surface area contributed by atoms with Gasteiger partial charge in [0.2, 0.25) is 0 Å². The van der Waals surface area contributed by atoms with Gasteiger partial charge in [-0.25, -0.2) is 0 Å². The molecule has 0 unspecified atom stereocenters. The standard InChI is InChI=1S/C19H26N6O2/c20-18(26)17-9-16-12-27-19(13-25(16)22-17)4-7-23(8-5-19)11-15-3-6-21-24(15)10-14-1-2-14/h3,6,9,14H,1-2,4-5,7-8,10-13H2,(H2,20,26). The minimum atomic E-state index is -0.483. The number of nitrogens with zero attached hydrogens (tertiary/aromatic N) is 5. The number of carbonyl (C=O) groups excluding carboxylic acids is 1. The first kappa shape index (κ1) is 16.9. The number of carbonyl (C=O) groups is 1. The summed E-state index contributed by atoms with van der Waals surface area (Å²) in [6.45, 7) is 5.19. The average molecular weight is 370 g/mol. The molecule has 1 amide bonds. The molecule has 0 atom stereocenters. The highest BCUT2D eigenvalue weighted by molar-refractivity contribution is 5.90. The zero-order valence-corrected chi connectivity index (χ0v) is 15.5. The molecule has 0 bridgehead atoms. The van der Waals surface area contributed by atoms with E-state index in [1.807, 2.05) is 10.9 Å². The van der Waals surface area contributed by atoms with E-state index in [-0.39, 0.29) is 5.60 Å². The van der Waals surface area contributed by atoms with Crippen molar-refractivity contribution in [2.24, 2.45) is 11.7 Å². The molecule has 27 heavy (non-hydrogen) atoms. The van der Waals surface area contributed by atoms with E-state index in [1.165, 1.54) is 18.5 Å². The first-order chi connectivity index (χ1) is 13.1. The molecule has 3 aliphatic rings. The molecule has 5 rings (SSSR count). The minimum absolute atomic E-state index is 0.182. The Kier molecular flexibility index (Phi) is 4.05. The highest BCUT2D eigenvalue weighted by Gasteiger charge is 2.40. The summed E-state index contributed by atoms with van der Waals surface area (Å²) < 4.78 is 10.3. The highest BCUT2D eigenvalue weighted by Crippen LogP contribution is 2.34. The van der Waals surface area contributed by atoms with Crippen molar-refractivity contribution in [1.29, 1.82) is 0 Å². The van der Waals surface area contributed by atoms with Gasteiger partial charge in [0.15, 0.2) is 0 Å². The quantitative estimate of drug-likeness (QED) is 0.853. The maximum Gasteiger partial charge on any atom is 0.269 e. The van der Waals surface area contributed by atoms with Gasteiger partial charge in [0.1, 0.15) is 5.69 Å². The third kappa shape index (κ3) is 3.39. The van der Waals surface area contributed by atoms with Crippen LogP contribution in [0.2, 0.25) is 0 Å². The first-order valence-electron chi connectivity index (χ1n) is 9.84. The van der Waals surface area contributed by atoms with Crippen LogP contribution in [0.25, 0.3) is 0 Å². The average Bonchev–Trinajstić information content (AvgIpc) is 3.20. The molecule has 8 heteroatoms. The van der Waals surface area contributed by atoms with Crippen LogP contribution in [0.3, 0.4) is 0 Å². The molecule has 2 aromatic heterocycles. The van der Waals surface area contributed by atoms with Crippen molar-refractivity contribution in [3.63, 3.8) is 0 Å². The number of piperidine rings is 1. The highest BCUT2D eigenvalue weighted by atomic mass is 16.5. The van der Waals surface area contributed by atoms with Crippen LogP contribution >= 0.6 is 0 Å². The SMILES string of the molecule is NC(=O)c1cc2n(n1)CC1(CCN(Cc3ccnn3CC3CC3)CC1)OC2. The lowest BCUT2D eigenvalue weighted by molar-refractivity contribution is -0.124. The number of amides is 1. The molecule has 8 nitrogen and oxygen atoms in total. The van der Waals surface area contributed by atoms with E-state index in [4.69, 9.17) is 10.5 Å². The Morgan fingerprint density at radius 1 is 1.33 bits per heavy atom. The smallest absolute Gasteiger partial charge is 0.269 e. The van der Waals surface area contributed by atoms with Gasteiger partial charge in [0, 0.05) is 32.4 Å². The Balaban J connectivity index is 1.21. The van der Waals surface area contributed by atoms with Crippen LogP contribution in [0.15, 0.2) is 18.3 Å². The molecule has 1 saturated heterocycles. The summed E-state index contributed by atoms with van der Waals surface area (Å²) in [7, 11) is 0. The van der Waals surface area contributed by atoms with E-state index in [0.29, 0.717) is 18.8 Å². The molecular formula is C19H26N6O2. The molecule has 144 valence electrons. The van der Waals surface area contributed by atoms with Gasteiger partial charge in [-0.2, -0.15) is 10.2 Å². The molecule has 1 spiro atoms. The molecule has 2 aromatic rings. The molecule has 2 fully saturated rings. The zero-order valence-electron chi connectivity index (χ0n) is 15.5. The predicted octanol–water partition coefficient (Wildman–Crippen LogP) is 1.15. The van der Waals surface area contributed by atoms with Crippen LogP contribution < -0.4 is 5.73 Å². The number of nitrogens with two attached hydrogens (primary N) is 1. The fraction of sp³-hybridized carbons (Fsp3) is 0.632. The van der Waals surface area contributed by atoms with Gasteiger partial charge in [0.25, 0.3) is 5.91 Å². The van der Waals surface area contributed by atoms with E-state index in [1.54, 1.807) is 6.07 Å². The fourth-order valence-electron chi connectivity index (χ4n) is 4.23. The lowest BCUT2D eigenvalue weighted by Crippen LogP contribution is -2.50. The summed E-state index contributed by atoms with van der Waals surface area (Å²) in [6, 6.07) is 3.89. The van der Waals surface area contributed by atoms with Gasteiger partial charge in [0.05, 0.1) is 30.1 Å². The molecule has 1 aliphatic carbocycles. The van der Waals surface area contributed by atoms with Crippen LogP contribution in [-0.2, 0) is 31.0 Å². The Morgan fingerprint density at radius 3 is 2.89 bits per heavy atom. The van der Waals surface area contributed by atoms with E-state index in [2.05, 4.69) is 25.8 Å². The van der Waals surface area contributed by atoms with E-state index >= 15 is 0 Å². The molecule has 0 aromatic carbocycles. The van der Waals surface area contributed by atoms with Gasteiger partial charge in [-0.1, -0.05) is 0 Å². The van der Waals surface area contributed by atoms with Gasteiger partial charge >= 0.3 is 0 Å². The topological polar surface area (TPSA) is 91.2 Å². The summed E-state index contributed by atoms with van der Waals surface area (Å²) in [5.41, 5.74) is 7.74. The Labute approximate surface area is 158 Å². The summed E-state index contributed by atoms with van der Waals surface area (Å²) in [4.78, 5) is 13.9. The lowest BCUT2D eigenvalue weighted by Gasteiger charge is -2.43. The summed E-state index contributed by atoms with van der Waals surface area (Å²) in [6.07, 6.45) is 6.54. The van der Waals surface area contributed by atoms with Crippen molar-refractivity contribution < 1.29 is 9.53 Å². The maximum atomic E-state index is 11.4. The number of primary amides is 1. The Hall–Kier alpha value is -2.19. The van der Waals surface area contributed by atoms with Crippen molar-refractivity contribution >= 4 is 5.91 Å². The number of rotatable bonds is 5. The second kappa shape index (κ2) is 6.45. The zero-order chi connectivity index (χ0) is 18.4. The largest absolute Gasteiger partial charge is 0.367 e. The van der Waals surface area contributed by atoms with Gasteiger partial charge in [-0.15, -0.1) is 0 Å². The summed E-state index contributed by atoms with van der Waals surface area (Å²) in [5.74, 6) is 0.348. The van der Waals surface area contributed by atoms with E-state index in [9.17, 15) is 4.79 Å². The van der Waals surface area contributed by atoms with E-state index in [0.717, 1.165) is 50.6 Å². The van der Waals surface area contributed by atoms with Crippen molar-refractivity contribution in [2.45, 2.75) is 57.5 Å². The van der Waals surface area contributed by atoms with Gasteiger partial charge < -0.3 is 10.5 Å². The van der Waals surface area contributed by atoms with Crippen molar-refractivity contribution in [3.05, 3.63) is 35.4 Å². The Bertz CT molecular complexity index is 844. The number of fused-ring (bicyclic) bond motifs is 1. The lowest BCUT2D eigenvalue weighted by atomic mass is 9.90. The van der Waals surface area contributed by atoms with Crippen molar-refractivity contribution in [3.8, 4) is 0 Å². The molecular weight excluding hydrogens is 344 g/mol. The van der Waals surface area contributed by atoms with Crippen molar-refractivity contribution in [2.75, 3.05) is 13.1 Å². The second-order valence-electron chi connectivity index (χ2n) is 8.24. The predicted molar refractivity (Wildman–Crippen MR) is 97.7 cm³/mol. The Morgan fingerprint density at radius 2 is 2.15 bits per heavy atom. The van der Waals surface area contributed by atoms with Crippen LogP contribution in [0, 0.1) is 5.92 Å². The van der Waals surface area contributed by atoms with Crippen molar-refractivity contribution in [1.82, 2.24) is 24.5 Å². The number of aromatic nitrogens is 4. The van der Waals surface area contributed by atoms with Crippen LogP contribution in [-0.4, -0.2) is 49.1 Å². The van der Waals surface area contributed by atoms with E-state index < -0.39 is 5.91 Å².